The molecule has 0 heterocycles. The fourth-order valence-electron chi connectivity index (χ4n) is 2.77. The topological polar surface area (TPSA) is 29.5 Å². The number of rotatable bonds is 3. The first-order valence-corrected chi connectivity index (χ1v) is 6.58. The highest BCUT2D eigenvalue weighted by atomic mass is 16.5. The lowest BCUT2D eigenvalue weighted by Gasteiger charge is -2.17. The van der Waals surface area contributed by atoms with Crippen LogP contribution in [0.4, 0.5) is 0 Å². The minimum Gasteiger partial charge on any atom is -0.496 e. The number of ether oxygens (including phenoxy) is 1. The van der Waals surface area contributed by atoms with Crippen molar-refractivity contribution in [1.29, 1.82) is 0 Å². The van der Waals surface area contributed by atoms with Crippen molar-refractivity contribution in [2.75, 3.05) is 7.11 Å². The molecule has 0 radical (unpaired) electrons. The Hall–Kier alpha value is -1.02. The summed E-state index contributed by atoms with van der Waals surface area (Å²) in [5.74, 6) is 0.937. The molecule has 2 nitrogen and oxygen atoms in total. The predicted molar refractivity (Wildman–Crippen MR) is 69.6 cm³/mol. The molecular formula is C15H22O2. The Morgan fingerprint density at radius 3 is 2.71 bits per heavy atom. The van der Waals surface area contributed by atoms with Gasteiger partial charge in [0.15, 0.2) is 0 Å². The molecule has 1 N–H and O–H groups in total. The van der Waals surface area contributed by atoms with Gasteiger partial charge in [0, 0.05) is 12.0 Å². The minimum absolute atomic E-state index is 0.307. The Labute approximate surface area is 104 Å². The van der Waals surface area contributed by atoms with Crippen LogP contribution in [0, 0.1) is 0 Å². The number of fused-ring (bicyclic) bond motifs is 1. The van der Waals surface area contributed by atoms with Gasteiger partial charge < -0.3 is 9.84 Å². The zero-order chi connectivity index (χ0) is 12.3. The molecule has 2 rings (SSSR count). The zero-order valence-corrected chi connectivity index (χ0v) is 10.8. The number of hydrogen-bond donors (Lipinski definition) is 1. The SMILES string of the molecule is COc1ccc2c(c1CC(C)O)CCCCC2. The van der Waals surface area contributed by atoms with E-state index in [2.05, 4.69) is 12.1 Å². The number of hydrogen-bond acceptors (Lipinski definition) is 2. The van der Waals surface area contributed by atoms with Gasteiger partial charge in [-0.3, -0.25) is 0 Å². The molecule has 2 heteroatoms. The van der Waals surface area contributed by atoms with Crippen LogP contribution in [0.3, 0.4) is 0 Å². The van der Waals surface area contributed by atoms with Crippen LogP contribution in [0.15, 0.2) is 12.1 Å². The fraction of sp³-hybridized carbons (Fsp3) is 0.600. The maximum atomic E-state index is 9.64. The molecule has 1 aliphatic carbocycles. The number of benzene rings is 1. The summed E-state index contributed by atoms with van der Waals surface area (Å²) >= 11 is 0. The van der Waals surface area contributed by atoms with Crippen LogP contribution in [0.1, 0.15) is 42.9 Å². The summed E-state index contributed by atoms with van der Waals surface area (Å²) in [6, 6.07) is 4.26. The van der Waals surface area contributed by atoms with Crippen LogP contribution >= 0.6 is 0 Å². The Morgan fingerprint density at radius 1 is 1.24 bits per heavy atom. The van der Waals surface area contributed by atoms with Crippen molar-refractivity contribution < 1.29 is 9.84 Å². The van der Waals surface area contributed by atoms with E-state index in [1.54, 1.807) is 7.11 Å². The van der Waals surface area contributed by atoms with E-state index in [4.69, 9.17) is 4.74 Å². The molecule has 17 heavy (non-hydrogen) atoms. The Balaban J connectivity index is 2.43. The second-order valence-electron chi connectivity index (χ2n) is 5.00. The van der Waals surface area contributed by atoms with Gasteiger partial charge in [-0.05, 0) is 49.8 Å². The molecule has 0 aliphatic heterocycles. The maximum Gasteiger partial charge on any atom is 0.122 e. The number of methoxy groups -OCH3 is 1. The molecule has 1 unspecified atom stereocenters. The van der Waals surface area contributed by atoms with Crippen LogP contribution in [0.5, 0.6) is 5.75 Å². The Bertz CT molecular complexity index is 383. The van der Waals surface area contributed by atoms with Gasteiger partial charge in [0.25, 0.3) is 0 Å². The molecule has 94 valence electrons. The summed E-state index contributed by atoms with van der Waals surface area (Å²) in [4.78, 5) is 0. The lowest BCUT2D eigenvalue weighted by atomic mass is 9.93. The predicted octanol–water partition coefficient (Wildman–Crippen LogP) is 2.89. The summed E-state index contributed by atoms with van der Waals surface area (Å²) < 4.78 is 5.44. The third kappa shape index (κ3) is 2.81. The average Bonchev–Trinajstić information content (AvgIpc) is 2.54. The second-order valence-corrected chi connectivity index (χ2v) is 5.00. The van der Waals surface area contributed by atoms with Gasteiger partial charge in [0.1, 0.15) is 5.75 Å². The zero-order valence-electron chi connectivity index (χ0n) is 10.8. The van der Waals surface area contributed by atoms with Gasteiger partial charge in [-0.15, -0.1) is 0 Å². The molecule has 0 aromatic heterocycles. The third-order valence-electron chi connectivity index (χ3n) is 3.58. The quantitative estimate of drug-likeness (QED) is 0.815. The minimum atomic E-state index is -0.307. The van der Waals surface area contributed by atoms with Gasteiger partial charge in [0.2, 0.25) is 0 Å². The van der Waals surface area contributed by atoms with Crippen LogP contribution in [0.25, 0.3) is 0 Å². The number of aliphatic hydroxyl groups excluding tert-OH is 1. The van der Waals surface area contributed by atoms with E-state index in [0.717, 1.165) is 12.2 Å². The first-order valence-electron chi connectivity index (χ1n) is 6.58. The molecule has 1 aromatic carbocycles. The van der Waals surface area contributed by atoms with E-state index in [9.17, 15) is 5.11 Å². The van der Waals surface area contributed by atoms with Crippen molar-refractivity contribution in [3.63, 3.8) is 0 Å². The van der Waals surface area contributed by atoms with E-state index < -0.39 is 0 Å². The van der Waals surface area contributed by atoms with Crippen LogP contribution < -0.4 is 4.74 Å². The first-order chi connectivity index (χ1) is 8.22. The smallest absolute Gasteiger partial charge is 0.122 e. The van der Waals surface area contributed by atoms with Crippen LogP contribution in [-0.2, 0) is 19.3 Å². The summed E-state index contributed by atoms with van der Waals surface area (Å²) in [6.45, 7) is 1.84. The average molecular weight is 234 g/mol. The fourth-order valence-corrected chi connectivity index (χ4v) is 2.77. The van der Waals surface area contributed by atoms with Gasteiger partial charge in [-0.1, -0.05) is 12.5 Å². The van der Waals surface area contributed by atoms with Gasteiger partial charge >= 0.3 is 0 Å². The summed E-state index contributed by atoms with van der Waals surface area (Å²) in [7, 11) is 1.71. The van der Waals surface area contributed by atoms with Crippen molar-refractivity contribution in [2.45, 2.75) is 51.6 Å². The molecule has 0 saturated heterocycles. The molecule has 1 aromatic rings. The molecule has 0 saturated carbocycles. The van der Waals surface area contributed by atoms with Crippen molar-refractivity contribution in [2.24, 2.45) is 0 Å². The standard InChI is InChI=1S/C15H22O2/c1-11(16)10-14-13-7-5-3-4-6-12(13)8-9-15(14)17-2/h8-9,11,16H,3-7,10H2,1-2H3. The van der Waals surface area contributed by atoms with E-state index in [1.807, 2.05) is 6.92 Å². The van der Waals surface area contributed by atoms with Crippen molar-refractivity contribution in [3.8, 4) is 5.75 Å². The lowest BCUT2D eigenvalue weighted by Crippen LogP contribution is -2.10. The molecule has 0 bridgehead atoms. The van der Waals surface area contributed by atoms with Gasteiger partial charge in [0.05, 0.1) is 13.2 Å². The van der Waals surface area contributed by atoms with Crippen molar-refractivity contribution in [1.82, 2.24) is 0 Å². The highest BCUT2D eigenvalue weighted by molar-refractivity contribution is 5.46. The highest BCUT2D eigenvalue weighted by Crippen LogP contribution is 2.31. The number of aliphatic hydroxyl groups is 1. The van der Waals surface area contributed by atoms with Crippen LogP contribution in [-0.4, -0.2) is 18.3 Å². The Kier molecular flexibility index (Phi) is 4.06. The molecule has 1 atom stereocenters. The van der Waals surface area contributed by atoms with E-state index in [1.165, 1.54) is 42.4 Å². The summed E-state index contributed by atoms with van der Waals surface area (Å²) in [5, 5.41) is 9.64. The normalized spacial score (nSPS) is 17.1. The van der Waals surface area contributed by atoms with Crippen molar-refractivity contribution >= 4 is 0 Å². The lowest BCUT2D eigenvalue weighted by molar-refractivity contribution is 0.194. The third-order valence-corrected chi connectivity index (χ3v) is 3.58. The monoisotopic (exact) mass is 234 g/mol. The van der Waals surface area contributed by atoms with E-state index in [-0.39, 0.29) is 6.10 Å². The van der Waals surface area contributed by atoms with E-state index in [0.29, 0.717) is 6.42 Å². The molecule has 1 aliphatic rings. The summed E-state index contributed by atoms with van der Waals surface area (Å²) in [5.41, 5.74) is 4.11. The second kappa shape index (κ2) is 5.54. The van der Waals surface area contributed by atoms with Crippen molar-refractivity contribution in [3.05, 3.63) is 28.8 Å². The Morgan fingerprint density at radius 2 is 2.00 bits per heavy atom. The summed E-state index contributed by atoms with van der Waals surface area (Å²) in [6.07, 6.45) is 6.55. The number of aryl methyl sites for hydroxylation is 1. The van der Waals surface area contributed by atoms with Gasteiger partial charge in [-0.2, -0.15) is 0 Å². The first kappa shape index (κ1) is 12.4. The highest BCUT2D eigenvalue weighted by Gasteiger charge is 2.17. The largest absolute Gasteiger partial charge is 0.496 e. The molecular weight excluding hydrogens is 212 g/mol. The molecule has 0 spiro atoms. The van der Waals surface area contributed by atoms with E-state index >= 15 is 0 Å². The molecule has 0 amide bonds. The van der Waals surface area contributed by atoms with Crippen LogP contribution in [0.2, 0.25) is 0 Å². The van der Waals surface area contributed by atoms with Gasteiger partial charge in [-0.25, -0.2) is 0 Å². The molecule has 0 fully saturated rings. The maximum absolute atomic E-state index is 9.64.